The summed E-state index contributed by atoms with van der Waals surface area (Å²) in [5.41, 5.74) is 6.61. The number of benzene rings is 1. The van der Waals surface area contributed by atoms with Gasteiger partial charge in [0.15, 0.2) is 5.75 Å². The first-order valence-electron chi connectivity index (χ1n) is 6.75. The molecule has 3 N–H and O–H groups in total. The second kappa shape index (κ2) is 6.45. The molecular formula is C15H24N2O2. The minimum Gasteiger partial charge on any atom is -0.491 e. The molecule has 0 aliphatic carbocycles. The standard InChI is InChI=1S/C15H24N2O2/c1-5-10-15(3,4)17-14(18)11-8-7-9-12(16)13(11)19-6-2/h7-9H,5-6,10,16H2,1-4H3,(H,17,18). The maximum atomic E-state index is 12.3. The van der Waals surface area contributed by atoms with E-state index in [4.69, 9.17) is 10.5 Å². The van der Waals surface area contributed by atoms with Crippen LogP contribution in [0.4, 0.5) is 5.69 Å². The number of para-hydroxylation sites is 1. The van der Waals surface area contributed by atoms with Crippen LogP contribution in [0.1, 0.15) is 50.9 Å². The summed E-state index contributed by atoms with van der Waals surface area (Å²) >= 11 is 0. The van der Waals surface area contributed by atoms with Crippen LogP contribution in [0, 0.1) is 0 Å². The Bertz CT molecular complexity index is 442. The molecule has 0 saturated carbocycles. The van der Waals surface area contributed by atoms with Gasteiger partial charge in [-0.1, -0.05) is 19.4 Å². The van der Waals surface area contributed by atoms with Gasteiger partial charge in [0.25, 0.3) is 5.91 Å². The van der Waals surface area contributed by atoms with E-state index in [2.05, 4.69) is 12.2 Å². The number of carbonyl (C=O) groups is 1. The van der Waals surface area contributed by atoms with Crippen LogP contribution in [0.25, 0.3) is 0 Å². The van der Waals surface area contributed by atoms with Gasteiger partial charge in [-0.05, 0) is 39.3 Å². The maximum absolute atomic E-state index is 12.3. The van der Waals surface area contributed by atoms with Gasteiger partial charge in [-0.15, -0.1) is 0 Å². The number of rotatable bonds is 6. The molecule has 0 saturated heterocycles. The van der Waals surface area contributed by atoms with E-state index in [1.165, 1.54) is 0 Å². The molecule has 0 heterocycles. The molecular weight excluding hydrogens is 240 g/mol. The Labute approximate surface area is 115 Å². The SMILES string of the molecule is CCCC(C)(C)NC(=O)c1cccc(N)c1OCC. The molecule has 0 aromatic heterocycles. The molecule has 0 aliphatic heterocycles. The third-order valence-electron chi connectivity index (χ3n) is 2.91. The predicted octanol–water partition coefficient (Wildman–Crippen LogP) is 2.98. The molecule has 1 rings (SSSR count). The highest BCUT2D eigenvalue weighted by Gasteiger charge is 2.22. The Hall–Kier alpha value is -1.71. The van der Waals surface area contributed by atoms with Gasteiger partial charge < -0.3 is 15.8 Å². The summed E-state index contributed by atoms with van der Waals surface area (Å²) in [4.78, 5) is 12.3. The van der Waals surface area contributed by atoms with Gasteiger partial charge in [0, 0.05) is 5.54 Å². The Morgan fingerprint density at radius 3 is 2.63 bits per heavy atom. The number of anilines is 1. The monoisotopic (exact) mass is 264 g/mol. The van der Waals surface area contributed by atoms with Crippen LogP contribution in [0.15, 0.2) is 18.2 Å². The van der Waals surface area contributed by atoms with E-state index >= 15 is 0 Å². The van der Waals surface area contributed by atoms with Crippen molar-refractivity contribution in [2.24, 2.45) is 0 Å². The fraction of sp³-hybridized carbons (Fsp3) is 0.533. The molecule has 0 spiro atoms. The van der Waals surface area contributed by atoms with E-state index in [-0.39, 0.29) is 11.4 Å². The van der Waals surface area contributed by atoms with Crippen molar-refractivity contribution < 1.29 is 9.53 Å². The van der Waals surface area contributed by atoms with Gasteiger partial charge in [0.1, 0.15) is 0 Å². The molecule has 19 heavy (non-hydrogen) atoms. The van der Waals surface area contributed by atoms with Crippen molar-refractivity contribution in [2.45, 2.75) is 46.1 Å². The number of hydrogen-bond acceptors (Lipinski definition) is 3. The lowest BCUT2D eigenvalue weighted by atomic mass is 9.98. The van der Waals surface area contributed by atoms with Crippen LogP contribution in [0.2, 0.25) is 0 Å². The van der Waals surface area contributed by atoms with Crippen LogP contribution >= 0.6 is 0 Å². The van der Waals surface area contributed by atoms with Gasteiger partial charge >= 0.3 is 0 Å². The third kappa shape index (κ3) is 4.16. The first-order valence-corrected chi connectivity index (χ1v) is 6.75. The zero-order valence-electron chi connectivity index (χ0n) is 12.2. The molecule has 0 unspecified atom stereocenters. The number of nitrogen functional groups attached to an aromatic ring is 1. The van der Waals surface area contributed by atoms with Gasteiger partial charge in [0.2, 0.25) is 0 Å². The largest absolute Gasteiger partial charge is 0.491 e. The van der Waals surface area contributed by atoms with E-state index in [0.717, 1.165) is 12.8 Å². The maximum Gasteiger partial charge on any atom is 0.255 e. The highest BCUT2D eigenvalue weighted by molar-refractivity contribution is 5.99. The second-order valence-corrected chi connectivity index (χ2v) is 5.24. The number of nitrogens with two attached hydrogens (primary N) is 1. The molecule has 0 atom stereocenters. The lowest BCUT2D eigenvalue weighted by Gasteiger charge is -2.26. The fourth-order valence-corrected chi connectivity index (χ4v) is 2.10. The topological polar surface area (TPSA) is 64.4 Å². The normalized spacial score (nSPS) is 11.2. The number of nitrogens with one attached hydrogen (secondary N) is 1. The van der Waals surface area contributed by atoms with Crippen LogP contribution in [-0.4, -0.2) is 18.1 Å². The highest BCUT2D eigenvalue weighted by Crippen LogP contribution is 2.27. The molecule has 0 aliphatic rings. The van der Waals surface area contributed by atoms with Crippen molar-refractivity contribution in [1.82, 2.24) is 5.32 Å². The molecule has 0 radical (unpaired) electrons. The molecule has 0 bridgehead atoms. The summed E-state index contributed by atoms with van der Waals surface area (Å²) in [6.07, 6.45) is 1.94. The zero-order chi connectivity index (χ0) is 14.5. The van der Waals surface area contributed by atoms with E-state index in [1.807, 2.05) is 20.8 Å². The molecule has 4 heteroatoms. The Kier molecular flexibility index (Phi) is 5.21. The second-order valence-electron chi connectivity index (χ2n) is 5.24. The molecule has 106 valence electrons. The zero-order valence-corrected chi connectivity index (χ0v) is 12.2. The Morgan fingerprint density at radius 2 is 2.05 bits per heavy atom. The van der Waals surface area contributed by atoms with E-state index in [1.54, 1.807) is 18.2 Å². The molecule has 1 amide bonds. The number of ether oxygens (including phenoxy) is 1. The predicted molar refractivity (Wildman–Crippen MR) is 78.5 cm³/mol. The van der Waals surface area contributed by atoms with Crippen molar-refractivity contribution in [3.8, 4) is 5.75 Å². The van der Waals surface area contributed by atoms with Crippen LogP contribution in [0.5, 0.6) is 5.75 Å². The minimum atomic E-state index is -0.236. The molecule has 4 nitrogen and oxygen atoms in total. The van der Waals surface area contributed by atoms with E-state index in [0.29, 0.717) is 23.6 Å². The minimum absolute atomic E-state index is 0.144. The average molecular weight is 264 g/mol. The summed E-state index contributed by atoms with van der Waals surface area (Å²) in [6, 6.07) is 5.23. The molecule has 1 aromatic carbocycles. The fourth-order valence-electron chi connectivity index (χ4n) is 2.10. The van der Waals surface area contributed by atoms with Gasteiger partial charge in [-0.2, -0.15) is 0 Å². The number of amides is 1. The lowest BCUT2D eigenvalue weighted by molar-refractivity contribution is 0.0905. The smallest absolute Gasteiger partial charge is 0.255 e. The van der Waals surface area contributed by atoms with Gasteiger partial charge in [-0.25, -0.2) is 0 Å². The van der Waals surface area contributed by atoms with Crippen molar-refractivity contribution in [3.63, 3.8) is 0 Å². The Balaban J connectivity index is 2.96. The summed E-state index contributed by atoms with van der Waals surface area (Å²) in [6.45, 7) is 8.48. The summed E-state index contributed by atoms with van der Waals surface area (Å²) < 4.78 is 5.48. The van der Waals surface area contributed by atoms with Crippen LogP contribution in [-0.2, 0) is 0 Å². The highest BCUT2D eigenvalue weighted by atomic mass is 16.5. The first-order chi connectivity index (χ1) is 8.91. The number of hydrogen-bond donors (Lipinski definition) is 2. The van der Waals surface area contributed by atoms with Crippen LogP contribution < -0.4 is 15.8 Å². The van der Waals surface area contributed by atoms with Crippen molar-refractivity contribution in [3.05, 3.63) is 23.8 Å². The lowest BCUT2D eigenvalue weighted by Crippen LogP contribution is -2.43. The summed E-state index contributed by atoms with van der Waals surface area (Å²) in [7, 11) is 0. The van der Waals surface area contributed by atoms with Crippen LogP contribution in [0.3, 0.4) is 0 Å². The third-order valence-corrected chi connectivity index (χ3v) is 2.91. The average Bonchev–Trinajstić information content (AvgIpc) is 2.31. The van der Waals surface area contributed by atoms with E-state index < -0.39 is 0 Å². The summed E-state index contributed by atoms with van der Waals surface area (Å²) in [5, 5.41) is 3.03. The van der Waals surface area contributed by atoms with Gasteiger partial charge in [-0.3, -0.25) is 4.79 Å². The molecule has 0 fully saturated rings. The molecule has 1 aromatic rings. The van der Waals surface area contributed by atoms with Crippen molar-refractivity contribution in [2.75, 3.05) is 12.3 Å². The first kappa shape index (κ1) is 15.3. The number of carbonyl (C=O) groups excluding carboxylic acids is 1. The quantitative estimate of drug-likeness (QED) is 0.776. The summed E-state index contributed by atoms with van der Waals surface area (Å²) in [5.74, 6) is 0.323. The van der Waals surface area contributed by atoms with Crippen molar-refractivity contribution in [1.29, 1.82) is 0 Å². The van der Waals surface area contributed by atoms with Crippen molar-refractivity contribution >= 4 is 11.6 Å². The van der Waals surface area contributed by atoms with Gasteiger partial charge in [0.05, 0.1) is 17.9 Å². The Morgan fingerprint density at radius 1 is 1.37 bits per heavy atom. The van der Waals surface area contributed by atoms with E-state index in [9.17, 15) is 4.79 Å².